The second-order valence-electron chi connectivity index (χ2n) is 0.851. The highest BCUT2D eigenvalue weighted by molar-refractivity contribution is 4.78. The van der Waals surface area contributed by atoms with Gasteiger partial charge in [0.2, 0.25) is 0 Å². The van der Waals surface area contributed by atoms with Gasteiger partial charge in [0.05, 0.1) is 0 Å². The third kappa shape index (κ3) is 4.94. The van der Waals surface area contributed by atoms with Crippen LogP contribution in [0.25, 0.3) is 5.43 Å². The molecule has 0 saturated carbocycles. The van der Waals surface area contributed by atoms with Crippen molar-refractivity contribution in [1.82, 2.24) is 0 Å². The molecule has 0 aromatic heterocycles. The van der Waals surface area contributed by atoms with Crippen LogP contribution in [0, 0.1) is 10.1 Å². The molecule has 0 spiro atoms. The van der Waals surface area contributed by atoms with Crippen molar-refractivity contribution in [3.63, 3.8) is 0 Å². The summed E-state index contributed by atoms with van der Waals surface area (Å²) in [6.07, 6.45) is 1.36. The highest BCUT2D eigenvalue weighted by Crippen LogP contribution is 1.82. The van der Waals surface area contributed by atoms with Gasteiger partial charge in [0.15, 0.2) is 0 Å². The second kappa shape index (κ2) is 3.14. The molecule has 0 aromatic rings. The molecular formula is C3H5N2O2-. The summed E-state index contributed by atoms with van der Waals surface area (Å²) >= 11 is 0. The Hall–Kier alpha value is -1.06. The van der Waals surface area contributed by atoms with Crippen LogP contribution in [0.2, 0.25) is 0 Å². The van der Waals surface area contributed by atoms with E-state index in [-0.39, 0.29) is 6.54 Å². The van der Waals surface area contributed by atoms with E-state index in [2.05, 4.69) is 12.0 Å². The van der Waals surface area contributed by atoms with Gasteiger partial charge in [-0.1, -0.05) is 6.54 Å². The van der Waals surface area contributed by atoms with Crippen molar-refractivity contribution in [3.05, 3.63) is 28.2 Å². The molecule has 0 aliphatic rings. The summed E-state index contributed by atoms with van der Waals surface area (Å²) in [6.45, 7) is 3.32. The Morgan fingerprint density at radius 1 is 2.00 bits per heavy atom. The van der Waals surface area contributed by atoms with E-state index >= 15 is 0 Å². The maximum Gasteiger partial charge on any atom is -0.0124 e. The van der Waals surface area contributed by atoms with Crippen LogP contribution in [-0.2, 0) is 0 Å². The average Bonchev–Trinajstić information content (AvgIpc) is 1.61. The Morgan fingerprint density at radius 3 is 2.71 bits per heavy atom. The SMILES string of the molecule is C=CC[N-][N+](=O)[O-]. The predicted octanol–water partition coefficient (Wildman–Crippen LogP) is 0.738. The Balaban J connectivity index is 2.97. The van der Waals surface area contributed by atoms with Gasteiger partial charge in [0.25, 0.3) is 0 Å². The first-order valence-electron chi connectivity index (χ1n) is 1.70. The Kier molecular flexibility index (Phi) is 2.67. The first-order valence-corrected chi connectivity index (χ1v) is 1.70. The first-order chi connectivity index (χ1) is 3.27. The van der Waals surface area contributed by atoms with Crippen molar-refractivity contribution in [1.29, 1.82) is 0 Å². The Bertz CT molecular complexity index is 81.0. The molecular weight excluding hydrogens is 96.0 g/mol. The summed E-state index contributed by atoms with van der Waals surface area (Å²) in [7, 11) is 0. The third-order valence-corrected chi connectivity index (χ3v) is 0.326. The van der Waals surface area contributed by atoms with E-state index in [0.717, 1.165) is 0 Å². The van der Waals surface area contributed by atoms with Crippen molar-refractivity contribution in [2.75, 3.05) is 6.54 Å². The van der Waals surface area contributed by atoms with Crippen LogP contribution < -0.4 is 0 Å². The lowest BCUT2D eigenvalue weighted by atomic mass is 10.7. The number of nitrogens with zero attached hydrogens (tertiary/aromatic N) is 2. The summed E-state index contributed by atoms with van der Waals surface area (Å²) in [5.41, 5.74) is 2.85. The molecule has 7 heavy (non-hydrogen) atoms. The smallest absolute Gasteiger partial charge is 0.0124 e. The molecule has 0 radical (unpaired) electrons. The summed E-state index contributed by atoms with van der Waals surface area (Å²) in [4.78, 5) is 9.35. The summed E-state index contributed by atoms with van der Waals surface area (Å²) < 4.78 is 0. The summed E-state index contributed by atoms with van der Waals surface area (Å²) in [6, 6.07) is 0. The van der Waals surface area contributed by atoms with Gasteiger partial charge in [-0.3, -0.25) is 10.1 Å². The fourth-order valence-corrected chi connectivity index (χ4v) is 0.124. The van der Waals surface area contributed by atoms with Gasteiger partial charge in [-0.05, 0) is 5.03 Å². The minimum Gasteiger partial charge on any atom is -0.375 e. The zero-order valence-electron chi connectivity index (χ0n) is 3.70. The monoisotopic (exact) mass is 101 g/mol. The molecule has 4 heteroatoms. The molecule has 0 saturated heterocycles. The fourth-order valence-electron chi connectivity index (χ4n) is 0.124. The fraction of sp³-hybridized carbons (Fsp3) is 0.333. The van der Waals surface area contributed by atoms with Crippen molar-refractivity contribution in [2.45, 2.75) is 0 Å². The molecule has 0 aromatic carbocycles. The van der Waals surface area contributed by atoms with Crippen molar-refractivity contribution in [2.24, 2.45) is 0 Å². The predicted molar refractivity (Wildman–Crippen MR) is 25.4 cm³/mol. The quantitative estimate of drug-likeness (QED) is 0.299. The topological polar surface area (TPSA) is 57.2 Å². The molecule has 0 aliphatic heterocycles. The molecule has 0 fully saturated rings. The van der Waals surface area contributed by atoms with Crippen LogP contribution in [0.4, 0.5) is 0 Å². The van der Waals surface area contributed by atoms with Crippen LogP contribution >= 0.6 is 0 Å². The molecule has 0 aliphatic carbocycles. The van der Waals surface area contributed by atoms with Gasteiger partial charge < -0.3 is 5.43 Å². The van der Waals surface area contributed by atoms with Gasteiger partial charge in [0, 0.05) is 0 Å². The van der Waals surface area contributed by atoms with Gasteiger partial charge in [-0.2, -0.15) is 0 Å². The van der Waals surface area contributed by atoms with Crippen LogP contribution in [0.3, 0.4) is 0 Å². The van der Waals surface area contributed by atoms with E-state index in [4.69, 9.17) is 0 Å². The molecule has 0 amide bonds. The van der Waals surface area contributed by atoms with E-state index in [1.54, 1.807) is 0 Å². The first kappa shape index (κ1) is 5.94. The van der Waals surface area contributed by atoms with Gasteiger partial charge in [-0.25, -0.2) is 0 Å². The number of hydrogen-bond acceptors (Lipinski definition) is 2. The number of hydrogen-bond donors (Lipinski definition) is 0. The van der Waals surface area contributed by atoms with E-state index in [9.17, 15) is 10.1 Å². The zero-order valence-corrected chi connectivity index (χ0v) is 3.70. The van der Waals surface area contributed by atoms with Crippen LogP contribution in [0.5, 0.6) is 0 Å². The van der Waals surface area contributed by atoms with E-state index in [1.807, 2.05) is 0 Å². The lowest BCUT2D eigenvalue weighted by Gasteiger charge is -2.01. The normalized spacial score (nSPS) is 7.43. The van der Waals surface area contributed by atoms with Crippen molar-refractivity contribution >= 4 is 0 Å². The Morgan fingerprint density at radius 2 is 2.57 bits per heavy atom. The van der Waals surface area contributed by atoms with Gasteiger partial charge >= 0.3 is 0 Å². The van der Waals surface area contributed by atoms with E-state index in [1.165, 1.54) is 6.08 Å². The molecule has 0 unspecified atom stereocenters. The molecule has 0 N–H and O–H groups in total. The molecule has 0 atom stereocenters. The number of rotatable bonds is 3. The second-order valence-corrected chi connectivity index (χ2v) is 0.851. The molecule has 0 bridgehead atoms. The summed E-state index contributed by atoms with van der Waals surface area (Å²) in [5.74, 6) is 0. The standard InChI is InChI=1S/C3H5N2O2/c1-2-3-4-5(6)7/h2H,1,3H2/q-1. The average molecular weight is 101 g/mol. The Labute approximate surface area is 41.0 Å². The minimum absolute atomic E-state index is 0.0903. The van der Waals surface area contributed by atoms with E-state index in [0.29, 0.717) is 0 Å². The van der Waals surface area contributed by atoms with E-state index < -0.39 is 5.03 Å². The largest absolute Gasteiger partial charge is 0.375 e. The lowest BCUT2D eigenvalue weighted by molar-refractivity contribution is -0.425. The van der Waals surface area contributed by atoms with Crippen LogP contribution in [0.15, 0.2) is 12.7 Å². The number of nitro groups is 1. The third-order valence-electron chi connectivity index (χ3n) is 0.326. The summed E-state index contributed by atoms with van der Waals surface area (Å²) in [5, 5.41) is 8.61. The van der Waals surface area contributed by atoms with Crippen LogP contribution in [0.1, 0.15) is 0 Å². The van der Waals surface area contributed by atoms with Gasteiger partial charge in [-0.15, -0.1) is 12.7 Å². The van der Waals surface area contributed by atoms with Crippen molar-refractivity contribution in [3.8, 4) is 0 Å². The molecule has 0 rings (SSSR count). The maximum atomic E-state index is 9.35. The molecule has 0 heterocycles. The minimum atomic E-state index is -0.734. The molecule has 40 valence electrons. The van der Waals surface area contributed by atoms with Gasteiger partial charge in [0.1, 0.15) is 0 Å². The highest BCUT2D eigenvalue weighted by atomic mass is 16.7. The highest BCUT2D eigenvalue weighted by Gasteiger charge is 1.67. The van der Waals surface area contributed by atoms with Crippen LogP contribution in [-0.4, -0.2) is 11.6 Å². The lowest BCUT2D eigenvalue weighted by Crippen LogP contribution is -1.89. The maximum absolute atomic E-state index is 9.35. The van der Waals surface area contributed by atoms with Crippen molar-refractivity contribution < 1.29 is 5.03 Å². The zero-order chi connectivity index (χ0) is 5.70. The molecule has 4 nitrogen and oxygen atoms in total.